The predicted molar refractivity (Wildman–Crippen MR) is 91.2 cm³/mol. The van der Waals surface area contributed by atoms with Gasteiger partial charge in [0.15, 0.2) is 23.3 Å². The Labute approximate surface area is 145 Å². The molecule has 7 nitrogen and oxygen atoms in total. The quantitative estimate of drug-likeness (QED) is 0.577. The molecular formula is C16H20N4O3S. The number of pyridine rings is 1. The standard InChI is InChI=1S/C16H20N4O3S/c1-11(2)20-15(21)9-23-13-7-12(19-8-14(13)22-3)10-24-16-17-5-4-6-18-16/h4-8,11H,9-10H2,1-3H3,(H,20,21). The van der Waals surface area contributed by atoms with Gasteiger partial charge in [0.1, 0.15) is 0 Å². The van der Waals surface area contributed by atoms with E-state index in [1.807, 2.05) is 13.8 Å². The van der Waals surface area contributed by atoms with Crippen LogP contribution >= 0.6 is 11.8 Å². The molecule has 8 heteroatoms. The Bertz CT molecular complexity index is 668. The van der Waals surface area contributed by atoms with E-state index in [4.69, 9.17) is 9.47 Å². The Morgan fingerprint density at radius 3 is 2.67 bits per heavy atom. The molecule has 1 N–H and O–H groups in total. The molecule has 0 bridgehead atoms. The van der Waals surface area contributed by atoms with Crippen molar-refractivity contribution in [2.45, 2.75) is 30.8 Å². The molecular weight excluding hydrogens is 328 g/mol. The molecule has 24 heavy (non-hydrogen) atoms. The van der Waals surface area contributed by atoms with Crippen LogP contribution in [0.3, 0.4) is 0 Å². The second-order valence-electron chi connectivity index (χ2n) is 5.16. The average molecular weight is 348 g/mol. The van der Waals surface area contributed by atoms with E-state index >= 15 is 0 Å². The first-order valence-corrected chi connectivity index (χ1v) is 8.42. The summed E-state index contributed by atoms with van der Waals surface area (Å²) in [6.07, 6.45) is 4.97. The Morgan fingerprint density at radius 1 is 1.25 bits per heavy atom. The zero-order valence-electron chi connectivity index (χ0n) is 13.9. The molecule has 2 aromatic heterocycles. The molecule has 0 atom stereocenters. The van der Waals surface area contributed by atoms with Crippen molar-refractivity contribution < 1.29 is 14.3 Å². The molecule has 0 unspecified atom stereocenters. The summed E-state index contributed by atoms with van der Waals surface area (Å²) in [6.45, 7) is 3.71. The van der Waals surface area contributed by atoms with Crippen LogP contribution in [0.25, 0.3) is 0 Å². The number of nitrogens with one attached hydrogen (secondary N) is 1. The summed E-state index contributed by atoms with van der Waals surface area (Å²) >= 11 is 1.47. The SMILES string of the molecule is COc1cnc(CSc2ncccn2)cc1OCC(=O)NC(C)C. The lowest BCUT2D eigenvalue weighted by molar-refractivity contribution is -0.123. The van der Waals surface area contributed by atoms with E-state index in [1.54, 1.807) is 30.7 Å². The smallest absolute Gasteiger partial charge is 0.258 e. The number of thioether (sulfide) groups is 1. The summed E-state index contributed by atoms with van der Waals surface area (Å²) in [5.74, 6) is 1.37. The molecule has 0 aliphatic heterocycles. The topological polar surface area (TPSA) is 86.2 Å². The van der Waals surface area contributed by atoms with Crippen molar-refractivity contribution in [3.8, 4) is 11.5 Å². The van der Waals surface area contributed by atoms with Gasteiger partial charge in [0, 0.05) is 30.3 Å². The van der Waals surface area contributed by atoms with Crippen molar-refractivity contribution in [3.63, 3.8) is 0 Å². The summed E-state index contributed by atoms with van der Waals surface area (Å²) in [6, 6.07) is 3.60. The summed E-state index contributed by atoms with van der Waals surface area (Å²) in [7, 11) is 1.53. The van der Waals surface area contributed by atoms with Crippen LogP contribution < -0.4 is 14.8 Å². The van der Waals surface area contributed by atoms with Gasteiger partial charge in [-0.15, -0.1) is 0 Å². The van der Waals surface area contributed by atoms with Gasteiger partial charge in [0.05, 0.1) is 19.0 Å². The number of carbonyl (C=O) groups excluding carboxylic acids is 1. The van der Waals surface area contributed by atoms with Crippen molar-refractivity contribution >= 4 is 17.7 Å². The third-order valence-electron chi connectivity index (χ3n) is 2.81. The highest BCUT2D eigenvalue weighted by molar-refractivity contribution is 7.98. The number of ether oxygens (including phenoxy) is 2. The lowest BCUT2D eigenvalue weighted by Gasteiger charge is -2.13. The number of amides is 1. The van der Waals surface area contributed by atoms with Gasteiger partial charge in [0.25, 0.3) is 5.91 Å². The number of hydrogen-bond donors (Lipinski definition) is 1. The van der Waals surface area contributed by atoms with Gasteiger partial charge in [-0.25, -0.2) is 9.97 Å². The normalized spacial score (nSPS) is 10.5. The molecule has 0 spiro atoms. The molecule has 0 aromatic carbocycles. The van der Waals surface area contributed by atoms with Gasteiger partial charge < -0.3 is 14.8 Å². The molecule has 0 fully saturated rings. The Kier molecular flexibility index (Phi) is 6.80. The van der Waals surface area contributed by atoms with Gasteiger partial charge in [-0.05, 0) is 19.9 Å². The summed E-state index contributed by atoms with van der Waals surface area (Å²) < 4.78 is 10.8. The number of nitrogens with zero attached hydrogens (tertiary/aromatic N) is 3. The van der Waals surface area contributed by atoms with E-state index < -0.39 is 0 Å². The molecule has 2 heterocycles. The maximum Gasteiger partial charge on any atom is 0.258 e. The van der Waals surface area contributed by atoms with E-state index in [9.17, 15) is 4.79 Å². The van der Waals surface area contributed by atoms with Crippen LogP contribution in [0, 0.1) is 0 Å². The predicted octanol–water partition coefficient (Wildman–Crippen LogP) is 2.08. The minimum absolute atomic E-state index is 0.0678. The van der Waals surface area contributed by atoms with Crippen LogP contribution in [0.2, 0.25) is 0 Å². The summed E-state index contributed by atoms with van der Waals surface area (Å²) in [4.78, 5) is 24.3. The molecule has 0 radical (unpaired) electrons. The van der Waals surface area contributed by atoms with Gasteiger partial charge in [-0.2, -0.15) is 0 Å². The lowest BCUT2D eigenvalue weighted by atomic mass is 10.3. The third kappa shape index (κ3) is 5.69. The molecule has 0 saturated carbocycles. The highest BCUT2D eigenvalue weighted by Gasteiger charge is 2.11. The monoisotopic (exact) mass is 348 g/mol. The highest BCUT2D eigenvalue weighted by atomic mass is 32.2. The fourth-order valence-electron chi connectivity index (χ4n) is 1.82. The maximum absolute atomic E-state index is 11.7. The van der Waals surface area contributed by atoms with Crippen molar-refractivity contribution in [2.75, 3.05) is 13.7 Å². The van der Waals surface area contributed by atoms with Crippen LogP contribution in [0.5, 0.6) is 11.5 Å². The maximum atomic E-state index is 11.7. The van der Waals surface area contributed by atoms with Crippen molar-refractivity contribution in [3.05, 3.63) is 36.4 Å². The van der Waals surface area contributed by atoms with Crippen LogP contribution in [0.1, 0.15) is 19.5 Å². The van der Waals surface area contributed by atoms with Gasteiger partial charge in [-0.3, -0.25) is 9.78 Å². The number of aromatic nitrogens is 3. The van der Waals surface area contributed by atoms with Gasteiger partial charge in [-0.1, -0.05) is 11.8 Å². The van der Waals surface area contributed by atoms with Crippen LogP contribution in [-0.2, 0) is 10.5 Å². The highest BCUT2D eigenvalue weighted by Crippen LogP contribution is 2.28. The molecule has 0 saturated heterocycles. The van der Waals surface area contributed by atoms with Crippen LogP contribution in [0.15, 0.2) is 35.9 Å². The van der Waals surface area contributed by atoms with E-state index in [-0.39, 0.29) is 18.6 Å². The number of hydrogen-bond acceptors (Lipinski definition) is 7. The minimum Gasteiger partial charge on any atom is -0.491 e. The van der Waals surface area contributed by atoms with Crippen LogP contribution in [-0.4, -0.2) is 40.6 Å². The first kappa shape index (κ1) is 18.0. The summed E-state index contributed by atoms with van der Waals surface area (Å²) in [5, 5.41) is 3.45. The second kappa shape index (κ2) is 9.07. The van der Waals surface area contributed by atoms with Gasteiger partial charge >= 0.3 is 0 Å². The Morgan fingerprint density at radius 2 is 2.00 bits per heavy atom. The number of carbonyl (C=O) groups is 1. The van der Waals surface area contributed by atoms with Crippen molar-refractivity contribution in [1.82, 2.24) is 20.3 Å². The largest absolute Gasteiger partial charge is 0.491 e. The lowest BCUT2D eigenvalue weighted by Crippen LogP contribution is -2.34. The van der Waals surface area contributed by atoms with Crippen molar-refractivity contribution in [1.29, 1.82) is 0 Å². The zero-order chi connectivity index (χ0) is 17.4. The van der Waals surface area contributed by atoms with Gasteiger partial charge in [0.2, 0.25) is 0 Å². The third-order valence-corrected chi connectivity index (χ3v) is 3.72. The number of rotatable bonds is 8. The van der Waals surface area contributed by atoms with Crippen LogP contribution in [0.4, 0.5) is 0 Å². The minimum atomic E-state index is -0.183. The summed E-state index contributed by atoms with van der Waals surface area (Å²) in [5.41, 5.74) is 0.785. The average Bonchev–Trinajstić information content (AvgIpc) is 2.58. The zero-order valence-corrected chi connectivity index (χ0v) is 14.7. The molecule has 0 aliphatic rings. The van der Waals surface area contributed by atoms with E-state index in [2.05, 4.69) is 20.3 Å². The van der Waals surface area contributed by atoms with E-state index in [0.717, 1.165) is 5.69 Å². The fraction of sp³-hybridized carbons (Fsp3) is 0.375. The van der Waals surface area contributed by atoms with E-state index in [1.165, 1.54) is 18.9 Å². The first-order chi connectivity index (χ1) is 11.6. The number of methoxy groups -OCH3 is 1. The Hall–Kier alpha value is -2.35. The van der Waals surface area contributed by atoms with Crippen molar-refractivity contribution in [2.24, 2.45) is 0 Å². The molecule has 0 aliphatic carbocycles. The van der Waals surface area contributed by atoms with E-state index in [0.29, 0.717) is 22.4 Å². The fourth-order valence-corrected chi connectivity index (χ4v) is 2.52. The first-order valence-electron chi connectivity index (χ1n) is 7.43. The second-order valence-corrected chi connectivity index (χ2v) is 6.10. The molecule has 1 amide bonds. The Balaban J connectivity index is 2.00. The molecule has 2 rings (SSSR count). The molecule has 2 aromatic rings. The molecule has 128 valence electrons.